The molecule has 1 heterocycles. The Balaban J connectivity index is 1.92. The Morgan fingerprint density at radius 2 is 1.89 bits per heavy atom. The largest absolute Gasteiger partial charge is 0.467 e. The minimum absolute atomic E-state index is 0.0666. The van der Waals surface area contributed by atoms with Gasteiger partial charge in [0.05, 0.1) is 19.2 Å². The highest BCUT2D eigenvalue weighted by atomic mass is 16.3. The van der Waals surface area contributed by atoms with Gasteiger partial charge in [0.2, 0.25) is 5.91 Å². The molecule has 100 valence electrons. The van der Waals surface area contributed by atoms with E-state index in [-0.39, 0.29) is 5.91 Å². The standard InChI is InChI=1S/C15H18N2O2/c1-17(11-14-3-2-8-19-14)15(18)9-12-4-6-13(10-16)7-5-12/h2-8H,9-11,16H2,1H3. The van der Waals surface area contributed by atoms with E-state index in [1.54, 1.807) is 18.2 Å². The van der Waals surface area contributed by atoms with Gasteiger partial charge in [0.15, 0.2) is 0 Å². The van der Waals surface area contributed by atoms with Crippen LogP contribution in [0, 0.1) is 0 Å². The van der Waals surface area contributed by atoms with Crippen LogP contribution in [-0.4, -0.2) is 17.9 Å². The molecule has 0 aliphatic rings. The van der Waals surface area contributed by atoms with Gasteiger partial charge in [-0.15, -0.1) is 0 Å². The normalized spacial score (nSPS) is 10.4. The maximum absolute atomic E-state index is 12.1. The van der Waals surface area contributed by atoms with Crippen LogP contribution in [0.3, 0.4) is 0 Å². The van der Waals surface area contributed by atoms with Crippen molar-refractivity contribution in [3.63, 3.8) is 0 Å². The summed E-state index contributed by atoms with van der Waals surface area (Å²) < 4.78 is 5.23. The molecule has 0 bridgehead atoms. The van der Waals surface area contributed by atoms with E-state index in [1.807, 2.05) is 36.4 Å². The van der Waals surface area contributed by atoms with Crippen molar-refractivity contribution in [3.8, 4) is 0 Å². The van der Waals surface area contributed by atoms with E-state index < -0.39 is 0 Å². The van der Waals surface area contributed by atoms with E-state index in [0.717, 1.165) is 16.9 Å². The number of nitrogens with zero attached hydrogens (tertiary/aromatic N) is 1. The van der Waals surface area contributed by atoms with Gasteiger partial charge in [0.25, 0.3) is 0 Å². The highest BCUT2D eigenvalue weighted by Gasteiger charge is 2.11. The summed E-state index contributed by atoms with van der Waals surface area (Å²) in [5.41, 5.74) is 7.60. The van der Waals surface area contributed by atoms with Crippen molar-refractivity contribution in [1.82, 2.24) is 4.90 Å². The quantitative estimate of drug-likeness (QED) is 0.891. The number of carbonyl (C=O) groups is 1. The third-order valence-corrected chi connectivity index (χ3v) is 3.01. The Morgan fingerprint density at radius 3 is 2.47 bits per heavy atom. The minimum Gasteiger partial charge on any atom is -0.467 e. The van der Waals surface area contributed by atoms with E-state index in [9.17, 15) is 4.79 Å². The molecule has 19 heavy (non-hydrogen) atoms. The molecule has 0 fully saturated rings. The van der Waals surface area contributed by atoms with Crippen LogP contribution in [0.2, 0.25) is 0 Å². The Hall–Kier alpha value is -2.07. The second kappa shape index (κ2) is 6.20. The number of furan rings is 1. The summed E-state index contributed by atoms with van der Waals surface area (Å²) in [7, 11) is 1.78. The summed E-state index contributed by atoms with van der Waals surface area (Å²) >= 11 is 0. The van der Waals surface area contributed by atoms with Crippen molar-refractivity contribution < 1.29 is 9.21 Å². The smallest absolute Gasteiger partial charge is 0.227 e. The molecule has 0 atom stereocenters. The third kappa shape index (κ3) is 3.69. The lowest BCUT2D eigenvalue weighted by Gasteiger charge is -2.15. The Morgan fingerprint density at radius 1 is 1.21 bits per heavy atom. The van der Waals surface area contributed by atoms with Gasteiger partial charge in [-0.25, -0.2) is 0 Å². The van der Waals surface area contributed by atoms with Crippen LogP contribution in [-0.2, 0) is 24.3 Å². The van der Waals surface area contributed by atoms with Crippen LogP contribution in [0.25, 0.3) is 0 Å². The Labute approximate surface area is 112 Å². The number of hydrogen-bond acceptors (Lipinski definition) is 3. The molecule has 0 radical (unpaired) electrons. The average molecular weight is 258 g/mol. The molecule has 2 rings (SSSR count). The predicted molar refractivity (Wildman–Crippen MR) is 73.2 cm³/mol. The molecule has 0 saturated heterocycles. The van der Waals surface area contributed by atoms with Gasteiger partial charge >= 0.3 is 0 Å². The second-order valence-corrected chi connectivity index (χ2v) is 4.53. The molecular formula is C15H18N2O2. The molecule has 1 amide bonds. The fourth-order valence-corrected chi connectivity index (χ4v) is 1.83. The van der Waals surface area contributed by atoms with Crippen LogP contribution < -0.4 is 5.73 Å². The second-order valence-electron chi connectivity index (χ2n) is 4.53. The first-order valence-electron chi connectivity index (χ1n) is 6.23. The van der Waals surface area contributed by atoms with Crippen LogP contribution in [0.15, 0.2) is 47.1 Å². The third-order valence-electron chi connectivity index (χ3n) is 3.01. The molecule has 0 spiro atoms. The van der Waals surface area contributed by atoms with Gasteiger partial charge in [-0.2, -0.15) is 0 Å². The summed E-state index contributed by atoms with van der Waals surface area (Å²) in [4.78, 5) is 13.7. The molecule has 2 aromatic rings. The van der Waals surface area contributed by atoms with Gasteiger partial charge < -0.3 is 15.1 Å². The van der Waals surface area contributed by atoms with Gasteiger partial charge in [-0.3, -0.25) is 4.79 Å². The lowest BCUT2D eigenvalue weighted by molar-refractivity contribution is -0.129. The predicted octanol–water partition coefficient (Wildman–Crippen LogP) is 1.94. The SMILES string of the molecule is CN(Cc1ccco1)C(=O)Cc1ccc(CN)cc1. The van der Waals surface area contributed by atoms with Gasteiger partial charge in [-0.05, 0) is 23.3 Å². The lowest BCUT2D eigenvalue weighted by Crippen LogP contribution is -2.27. The van der Waals surface area contributed by atoms with Crippen molar-refractivity contribution in [3.05, 3.63) is 59.5 Å². The number of amides is 1. The summed E-state index contributed by atoms with van der Waals surface area (Å²) in [5, 5.41) is 0. The van der Waals surface area contributed by atoms with Gasteiger partial charge in [-0.1, -0.05) is 24.3 Å². The van der Waals surface area contributed by atoms with Crippen molar-refractivity contribution in [1.29, 1.82) is 0 Å². The fourth-order valence-electron chi connectivity index (χ4n) is 1.83. The van der Waals surface area contributed by atoms with E-state index in [2.05, 4.69) is 0 Å². The van der Waals surface area contributed by atoms with Crippen molar-refractivity contribution in [2.75, 3.05) is 7.05 Å². The Bertz CT molecular complexity index is 518. The highest BCUT2D eigenvalue weighted by molar-refractivity contribution is 5.78. The lowest BCUT2D eigenvalue weighted by atomic mass is 10.1. The molecule has 4 heteroatoms. The number of carbonyl (C=O) groups excluding carboxylic acids is 1. The zero-order chi connectivity index (χ0) is 13.7. The zero-order valence-corrected chi connectivity index (χ0v) is 11.0. The minimum atomic E-state index is 0.0666. The monoisotopic (exact) mass is 258 g/mol. The van der Waals surface area contributed by atoms with E-state index in [1.165, 1.54) is 0 Å². The van der Waals surface area contributed by atoms with Crippen molar-refractivity contribution in [2.45, 2.75) is 19.5 Å². The summed E-state index contributed by atoms with van der Waals surface area (Å²) in [6.07, 6.45) is 2.00. The van der Waals surface area contributed by atoms with Gasteiger partial charge in [0.1, 0.15) is 5.76 Å². The maximum Gasteiger partial charge on any atom is 0.227 e. The van der Waals surface area contributed by atoms with E-state index in [4.69, 9.17) is 10.2 Å². The van der Waals surface area contributed by atoms with Gasteiger partial charge in [0, 0.05) is 13.6 Å². The first kappa shape index (κ1) is 13.4. The number of benzene rings is 1. The molecule has 0 saturated carbocycles. The van der Waals surface area contributed by atoms with Crippen LogP contribution in [0.1, 0.15) is 16.9 Å². The molecule has 1 aromatic carbocycles. The van der Waals surface area contributed by atoms with Crippen molar-refractivity contribution >= 4 is 5.91 Å². The molecule has 4 nitrogen and oxygen atoms in total. The van der Waals surface area contributed by atoms with Crippen LogP contribution in [0.5, 0.6) is 0 Å². The van der Waals surface area contributed by atoms with Crippen LogP contribution >= 0.6 is 0 Å². The summed E-state index contributed by atoms with van der Waals surface area (Å²) in [6, 6.07) is 11.5. The topological polar surface area (TPSA) is 59.5 Å². The molecule has 1 aromatic heterocycles. The summed E-state index contributed by atoms with van der Waals surface area (Å²) in [6.45, 7) is 1.01. The Kier molecular flexibility index (Phi) is 4.36. The number of nitrogens with two attached hydrogens (primary N) is 1. The summed E-state index contributed by atoms with van der Waals surface area (Å²) in [5.74, 6) is 0.853. The average Bonchev–Trinajstić information content (AvgIpc) is 2.92. The van der Waals surface area contributed by atoms with Crippen LogP contribution in [0.4, 0.5) is 0 Å². The molecule has 0 aliphatic heterocycles. The molecule has 0 aliphatic carbocycles. The van der Waals surface area contributed by atoms with E-state index in [0.29, 0.717) is 19.5 Å². The number of rotatable bonds is 5. The molecular weight excluding hydrogens is 240 g/mol. The number of hydrogen-bond donors (Lipinski definition) is 1. The highest BCUT2D eigenvalue weighted by Crippen LogP contribution is 2.08. The maximum atomic E-state index is 12.1. The van der Waals surface area contributed by atoms with Crippen molar-refractivity contribution in [2.24, 2.45) is 5.73 Å². The molecule has 0 unspecified atom stereocenters. The molecule has 2 N–H and O–H groups in total. The fraction of sp³-hybridized carbons (Fsp3) is 0.267. The zero-order valence-electron chi connectivity index (χ0n) is 11.0. The number of likely N-dealkylation sites (N-methyl/N-ethyl adjacent to an activating group) is 1. The first-order chi connectivity index (χ1) is 9.19. The van der Waals surface area contributed by atoms with E-state index >= 15 is 0 Å². The first-order valence-corrected chi connectivity index (χ1v) is 6.23.